The minimum absolute atomic E-state index is 0.137. The van der Waals surface area contributed by atoms with Crippen molar-refractivity contribution in [3.63, 3.8) is 0 Å². The standard InChI is InChI=1S/C23H18FN3O/c1-27(15-16-7-9-18(24)10-8-16)23(28)19-13-22(17-5-3-2-4-6-17)26-21-11-12-25-14-20(19)21/h2-14H,15H2,1H3. The molecule has 4 aromatic rings. The van der Waals surface area contributed by atoms with Crippen LogP contribution >= 0.6 is 0 Å². The molecule has 2 aromatic carbocycles. The summed E-state index contributed by atoms with van der Waals surface area (Å²) in [5, 5.41) is 0.707. The minimum atomic E-state index is -0.295. The van der Waals surface area contributed by atoms with E-state index in [0.717, 1.165) is 22.3 Å². The summed E-state index contributed by atoms with van der Waals surface area (Å²) in [6, 6.07) is 19.5. The van der Waals surface area contributed by atoms with Crippen LogP contribution in [0.3, 0.4) is 0 Å². The number of hydrogen-bond acceptors (Lipinski definition) is 3. The fourth-order valence-electron chi connectivity index (χ4n) is 3.14. The molecule has 0 atom stereocenters. The Bertz CT molecular complexity index is 1130. The Morgan fingerprint density at radius 3 is 2.54 bits per heavy atom. The van der Waals surface area contributed by atoms with Crippen LogP contribution in [0.5, 0.6) is 0 Å². The van der Waals surface area contributed by atoms with E-state index in [1.165, 1.54) is 12.1 Å². The average molecular weight is 371 g/mol. The van der Waals surface area contributed by atoms with Crippen LogP contribution in [-0.2, 0) is 6.54 Å². The highest BCUT2D eigenvalue weighted by molar-refractivity contribution is 6.06. The van der Waals surface area contributed by atoms with E-state index >= 15 is 0 Å². The lowest BCUT2D eigenvalue weighted by atomic mass is 10.0. The van der Waals surface area contributed by atoms with Crippen LogP contribution < -0.4 is 0 Å². The molecule has 0 spiro atoms. The largest absolute Gasteiger partial charge is 0.337 e. The summed E-state index contributed by atoms with van der Waals surface area (Å²) < 4.78 is 13.1. The lowest BCUT2D eigenvalue weighted by Gasteiger charge is -2.19. The van der Waals surface area contributed by atoms with E-state index in [2.05, 4.69) is 9.97 Å². The van der Waals surface area contributed by atoms with Crippen molar-refractivity contribution in [3.8, 4) is 11.3 Å². The van der Waals surface area contributed by atoms with Gasteiger partial charge >= 0.3 is 0 Å². The summed E-state index contributed by atoms with van der Waals surface area (Å²) in [4.78, 5) is 23.7. The molecule has 0 aliphatic heterocycles. The maximum atomic E-state index is 13.2. The van der Waals surface area contributed by atoms with Crippen molar-refractivity contribution in [2.45, 2.75) is 6.54 Å². The zero-order valence-corrected chi connectivity index (χ0v) is 15.3. The fourth-order valence-corrected chi connectivity index (χ4v) is 3.14. The molecule has 0 fully saturated rings. The van der Waals surface area contributed by atoms with Gasteiger partial charge in [-0.05, 0) is 29.8 Å². The predicted octanol–water partition coefficient (Wildman–Crippen LogP) is 4.71. The number of benzene rings is 2. The molecule has 1 amide bonds. The molecular formula is C23H18FN3O. The third kappa shape index (κ3) is 3.60. The van der Waals surface area contributed by atoms with Crippen molar-refractivity contribution in [2.24, 2.45) is 0 Å². The molecule has 0 aliphatic carbocycles. The SMILES string of the molecule is CN(Cc1ccc(F)cc1)C(=O)c1cc(-c2ccccc2)nc2ccncc12. The van der Waals surface area contributed by atoms with Gasteiger partial charge in [0, 0.05) is 36.9 Å². The van der Waals surface area contributed by atoms with Crippen LogP contribution in [0.15, 0.2) is 79.1 Å². The van der Waals surface area contributed by atoms with Gasteiger partial charge in [0.2, 0.25) is 0 Å². The molecule has 0 saturated carbocycles. The topological polar surface area (TPSA) is 46.1 Å². The van der Waals surface area contributed by atoms with E-state index in [1.54, 1.807) is 42.5 Å². The number of aromatic nitrogens is 2. The number of nitrogens with zero attached hydrogens (tertiary/aromatic N) is 3. The normalized spacial score (nSPS) is 10.8. The number of fused-ring (bicyclic) bond motifs is 1. The van der Waals surface area contributed by atoms with Crippen LogP contribution in [0.2, 0.25) is 0 Å². The van der Waals surface area contributed by atoms with E-state index in [4.69, 9.17) is 0 Å². The van der Waals surface area contributed by atoms with Crippen molar-refractivity contribution in [1.82, 2.24) is 14.9 Å². The molecule has 4 nitrogen and oxygen atoms in total. The van der Waals surface area contributed by atoms with Gasteiger partial charge in [-0.25, -0.2) is 9.37 Å². The number of halogens is 1. The van der Waals surface area contributed by atoms with Crippen LogP contribution in [0.25, 0.3) is 22.2 Å². The Balaban J connectivity index is 1.73. The van der Waals surface area contributed by atoms with Crippen LogP contribution in [0, 0.1) is 5.82 Å². The first-order valence-corrected chi connectivity index (χ1v) is 8.92. The Hall–Kier alpha value is -3.60. The van der Waals surface area contributed by atoms with Gasteiger partial charge in [-0.3, -0.25) is 9.78 Å². The first-order chi connectivity index (χ1) is 13.6. The van der Waals surface area contributed by atoms with Gasteiger partial charge in [0.25, 0.3) is 5.91 Å². The summed E-state index contributed by atoms with van der Waals surface area (Å²) >= 11 is 0. The van der Waals surface area contributed by atoms with Crippen molar-refractivity contribution in [1.29, 1.82) is 0 Å². The van der Waals surface area contributed by atoms with Gasteiger partial charge in [-0.15, -0.1) is 0 Å². The second-order valence-electron chi connectivity index (χ2n) is 6.60. The van der Waals surface area contributed by atoms with Crippen LogP contribution in [0.1, 0.15) is 15.9 Å². The van der Waals surface area contributed by atoms with Crippen molar-refractivity contribution < 1.29 is 9.18 Å². The number of amides is 1. The van der Waals surface area contributed by atoms with E-state index < -0.39 is 0 Å². The Kier molecular flexibility index (Phi) is 4.81. The van der Waals surface area contributed by atoms with Crippen molar-refractivity contribution >= 4 is 16.8 Å². The second-order valence-corrected chi connectivity index (χ2v) is 6.60. The van der Waals surface area contributed by atoms with Gasteiger partial charge in [0.1, 0.15) is 5.82 Å². The maximum absolute atomic E-state index is 13.2. The van der Waals surface area contributed by atoms with Gasteiger partial charge in [-0.1, -0.05) is 42.5 Å². The Labute approximate surface area is 162 Å². The smallest absolute Gasteiger partial charge is 0.254 e. The summed E-state index contributed by atoms with van der Waals surface area (Å²) in [5.41, 5.74) is 3.79. The summed E-state index contributed by atoms with van der Waals surface area (Å²) in [7, 11) is 1.73. The Morgan fingerprint density at radius 1 is 1.04 bits per heavy atom. The number of carbonyl (C=O) groups excluding carboxylic acids is 1. The molecule has 28 heavy (non-hydrogen) atoms. The molecule has 0 aliphatic rings. The number of rotatable bonds is 4. The quantitative estimate of drug-likeness (QED) is 0.522. The molecule has 0 saturated heterocycles. The second kappa shape index (κ2) is 7.56. The highest BCUT2D eigenvalue weighted by atomic mass is 19.1. The first kappa shape index (κ1) is 17.8. The zero-order valence-electron chi connectivity index (χ0n) is 15.3. The monoisotopic (exact) mass is 371 g/mol. The van der Waals surface area contributed by atoms with E-state index in [-0.39, 0.29) is 11.7 Å². The van der Waals surface area contributed by atoms with Gasteiger partial charge in [0.15, 0.2) is 0 Å². The molecule has 0 unspecified atom stereocenters. The molecule has 2 heterocycles. The van der Waals surface area contributed by atoms with Crippen molar-refractivity contribution in [2.75, 3.05) is 7.05 Å². The molecule has 2 aromatic heterocycles. The van der Waals surface area contributed by atoms with E-state index in [9.17, 15) is 9.18 Å². The van der Waals surface area contributed by atoms with E-state index in [1.807, 2.05) is 36.4 Å². The minimum Gasteiger partial charge on any atom is -0.337 e. The zero-order chi connectivity index (χ0) is 19.5. The molecule has 138 valence electrons. The average Bonchev–Trinajstić information content (AvgIpc) is 2.74. The highest BCUT2D eigenvalue weighted by Crippen LogP contribution is 2.25. The van der Waals surface area contributed by atoms with Gasteiger partial charge in [-0.2, -0.15) is 0 Å². The van der Waals surface area contributed by atoms with Crippen LogP contribution in [-0.4, -0.2) is 27.8 Å². The molecule has 0 radical (unpaired) electrons. The maximum Gasteiger partial charge on any atom is 0.254 e. The van der Waals surface area contributed by atoms with Crippen molar-refractivity contribution in [3.05, 3.63) is 96.1 Å². The third-order valence-corrected chi connectivity index (χ3v) is 4.59. The fraction of sp³-hybridized carbons (Fsp3) is 0.0870. The van der Waals surface area contributed by atoms with E-state index in [0.29, 0.717) is 17.5 Å². The molecule has 0 N–H and O–H groups in total. The first-order valence-electron chi connectivity index (χ1n) is 8.92. The molecule has 0 bridgehead atoms. The Morgan fingerprint density at radius 2 is 1.79 bits per heavy atom. The lowest BCUT2D eigenvalue weighted by Crippen LogP contribution is -2.26. The van der Waals surface area contributed by atoms with Gasteiger partial charge in [0.05, 0.1) is 16.8 Å². The highest BCUT2D eigenvalue weighted by Gasteiger charge is 2.18. The van der Waals surface area contributed by atoms with Crippen LogP contribution in [0.4, 0.5) is 4.39 Å². The lowest BCUT2D eigenvalue weighted by molar-refractivity contribution is 0.0787. The number of pyridine rings is 2. The number of carbonyl (C=O) groups is 1. The molecular weight excluding hydrogens is 353 g/mol. The predicted molar refractivity (Wildman–Crippen MR) is 107 cm³/mol. The summed E-state index contributed by atoms with van der Waals surface area (Å²) in [5.74, 6) is -0.432. The third-order valence-electron chi connectivity index (χ3n) is 4.59. The molecule has 4 rings (SSSR count). The summed E-state index contributed by atoms with van der Waals surface area (Å²) in [6.07, 6.45) is 3.33. The van der Waals surface area contributed by atoms with Gasteiger partial charge < -0.3 is 4.90 Å². The summed E-state index contributed by atoms with van der Waals surface area (Å²) in [6.45, 7) is 0.379. The number of hydrogen-bond donors (Lipinski definition) is 0. The molecule has 5 heteroatoms.